The third-order valence-electron chi connectivity index (χ3n) is 5.02. The minimum atomic E-state index is -0.431. The normalized spacial score (nSPS) is 19.7. The van der Waals surface area contributed by atoms with Crippen LogP contribution in [0.1, 0.15) is 31.2 Å². The van der Waals surface area contributed by atoms with Gasteiger partial charge in [-0.1, -0.05) is 11.6 Å². The van der Waals surface area contributed by atoms with Crippen LogP contribution in [0.2, 0.25) is 5.02 Å². The molecular weight excluding hydrogens is 331 g/mol. The fourth-order valence-corrected chi connectivity index (χ4v) is 4.00. The van der Waals surface area contributed by atoms with Gasteiger partial charge in [-0.2, -0.15) is 0 Å². The van der Waals surface area contributed by atoms with E-state index in [0.29, 0.717) is 17.5 Å². The van der Waals surface area contributed by atoms with Crippen LogP contribution in [-0.4, -0.2) is 49.0 Å². The number of likely N-dealkylation sites (tertiary alicyclic amines) is 2. The van der Waals surface area contributed by atoms with Gasteiger partial charge in [0.1, 0.15) is 0 Å². The molecule has 0 aliphatic carbocycles. The minimum absolute atomic E-state index is 0.0929. The van der Waals surface area contributed by atoms with Gasteiger partial charge < -0.3 is 9.64 Å². The second kappa shape index (κ2) is 7.70. The lowest BCUT2D eigenvalue weighted by Gasteiger charge is -2.33. The Hall–Kier alpha value is -1.33. The van der Waals surface area contributed by atoms with Crippen molar-refractivity contribution < 1.29 is 13.9 Å². The molecule has 0 bridgehead atoms. The number of halogens is 2. The number of carbonyl (C=O) groups excluding carboxylic acids is 1. The number of amides is 1. The van der Waals surface area contributed by atoms with Crippen LogP contribution in [0.3, 0.4) is 0 Å². The molecule has 2 saturated heterocycles. The molecule has 132 valence electrons. The lowest BCUT2D eigenvalue weighted by atomic mass is 9.95. The maximum atomic E-state index is 13.9. The molecule has 0 unspecified atom stereocenters. The summed E-state index contributed by atoms with van der Waals surface area (Å²) in [6, 6.07) is 3.23. The maximum Gasteiger partial charge on any atom is 0.225 e. The smallest absolute Gasteiger partial charge is 0.225 e. The van der Waals surface area contributed by atoms with E-state index in [-0.39, 0.29) is 11.7 Å². The van der Waals surface area contributed by atoms with Crippen molar-refractivity contribution in [1.82, 2.24) is 9.80 Å². The van der Waals surface area contributed by atoms with Crippen molar-refractivity contribution in [2.45, 2.75) is 32.2 Å². The number of hydrogen-bond donors (Lipinski definition) is 0. The van der Waals surface area contributed by atoms with Crippen LogP contribution in [0.4, 0.5) is 4.39 Å². The van der Waals surface area contributed by atoms with Gasteiger partial charge >= 0.3 is 0 Å². The lowest BCUT2D eigenvalue weighted by Crippen LogP contribution is -2.41. The molecular formula is C18H24ClFN2O2. The highest BCUT2D eigenvalue weighted by Crippen LogP contribution is 2.30. The summed E-state index contributed by atoms with van der Waals surface area (Å²) in [5.74, 6) is 0.135. The van der Waals surface area contributed by atoms with Crippen molar-refractivity contribution in [1.29, 1.82) is 0 Å². The molecule has 3 rings (SSSR count). The van der Waals surface area contributed by atoms with Gasteiger partial charge in [0.2, 0.25) is 5.91 Å². The van der Waals surface area contributed by atoms with Gasteiger partial charge in [-0.05, 0) is 56.5 Å². The molecule has 0 aromatic heterocycles. The molecule has 2 aliphatic heterocycles. The summed E-state index contributed by atoms with van der Waals surface area (Å²) in [5.41, 5.74) is 0.836. The van der Waals surface area contributed by atoms with Crippen molar-refractivity contribution in [3.63, 3.8) is 0 Å². The summed E-state index contributed by atoms with van der Waals surface area (Å²) in [5, 5.41) is 0.298. The van der Waals surface area contributed by atoms with E-state index in [1.807, 2.05) is 4.90 Å². The Balaban J connectivity index is 1.54. The van der Waals surface area contributed by atoms with Crippen molar-refractivity contribution in [2.75, 3.05) is 33.3 Å². The number of carbonyl (C=O) groups is 1. The Morgan fingerprint density at radius 3 is 2.50 bits per heavy atom. The van der Waals surface area contributed by atoms with Crippen molar-refractivity contribution in [2.24, 2.45) is 5.92 Å². The van der Waals surface area contributed by atoms with E-state index in [0.717, 1.165) is 57.4 Å². The number of piperidine rings is 1. The molecule has 0 spiro atoms. The van der Waals surface area contributed by atoms with Gasteiger partial charge in [0.05, 0.1) is 12.1 Å². The standard InChI is InChI=1S/C18H24ClFN2O2/c1-24-17-15(19)10-13(11-16(17)20)12-21-8-4-14(5-9-21)18(23)22-6-2-3-7-22/h10-11,14H,2-9,12H2,1H3. The SMILES string of the molecule is COc1c(F)cc(CN2CCC(C(=O)N3CCCC3)CC2)cc1Cl. The first-order chi connectivity index (χ1) is 11.6. The lowest BCUT2D eigenvalue weighted by molar-refractivity contribution is -0.136. The molecule has 1 amide bonds. The average Bonchev–Trinajstić information content (AvgIpc) is 3.09. The van der Waals surface area contributed by atoms with Crippen LogP contribution in [0.15, 0.2) is 12.1 Å². The first-order valence-corrected chi connectivity index (χ1v) is 8.99. The molecule has 0 atom stereocenters. The van der Waals surface area contributed by atoms with E-state index >= 15 is 0 Å². The molecule has 2 fully saturated rings. The van der Waals surface area contributed by atoms with E-state index in [1.54, 1.807) is 6.07 Å². The van der Waals surface area contributed by atoms with Crippen LogP contribution in [-0.2, 0) is 11.3 Å². The van der Waals surface area contributed by atoms with E-state index in [4.69, 9.17) is 16.3 Å². The van der Waals surface area contributed by atoms with Crippen molar-refractivity contribution in [3.8, 4) is 5.75 Å². The highest BCUT2D eigenvalue weighted by molar-refractivity contribution is 6.32. The van der Waals surface area contributed by atoms with E-state index in [9.17, 15) is 9.18 Å². The van der Waals surface area contributed by atoms with Crippen LogP contribution in [0, 0.1) is 11.7 Å². The highest BCUT2D eigenvalue weighted by Gasteiger charge is 2.29. The zero-order chi connectivity index (χ0) is 17.1. The van der Waals surface area contributed by atoms with Gasteiger partial charge in [0.25, 0.3) is 0 Å². The van der Waals surface area contributed by atoms with Gasteiger partial charge in [0, 0.05) is 25.6 Å². The second-order valence-electron chi connectivity index (χ2n) is 6.68. The maximum absolute atomic E-state index is 13.9. The van der Waals surface area contributed by atoms with Crippen LogP contribution in [0.5, 0.6) is 5.75 Å². The number of ether oxygens (including phenoxy) is 1. The van der Waals surface area contributed by atoms with Gasteiger partial charge in [-0.15, -0.1) is 0 Å². The Morgan fingerprint density at radius 2 is 1.92 bits per heavy atom. The third kappa shape index (κ3) is 3.83. The fourth-order valence-electron chi connectivity index (χ4n) is 3.69. The molecule has 0 saturated carbocycles. The van der Waals surface area contributed by atoms with E-state index in [1.165, 1.54) is 13.2 Å². The fraction of sp³-hybridized carbons (Fsp3) is 0.611. The summed E-state index contributed by atoms with van der Waals surface area (Å²) >= 11 is 6.06. The van der Waals surface area contributed by atoms with E-state index in [2.05, 4.69) is 4.90 Å². The van der Waals surface area contributed by atoms with Gasteiger partial charge in [-0.25, -0.2) is 4.39 Å². The number of nitrogens with zero attached hydrogens (tertiary/aromatic N) is 2. The molecule has 4 nitrogen and oxygen atoms in total. The first-order valence-electron chi connectivity index (χ1n) is 8.61. The van der Waals surface area contributed by atoms with E-state index < -0.39 is 5.82 Å². The van der Waals surface area contributed by atoms with Gasteiger partial charge in [-0.3, -0.25) is 9.69 Å². The molecule has 6 heteroatoms. The molecule has 1 aromatic rings. The largest absolute Gasteiger partial charge is 0.492 e. The Kier molecular flexibility index (Phi) is 5.61. The third-order valence-corrected chi connectivity index (χ3v) is 5.30. The monoisotopic (exact) mass is 354 g/mol. The number of benzene rings is 1. The molecule has 24 heavy (non-hydrogen) atoms. The average molecular weight is 355 g/mol. The number of rotatable bonds is 4. The zero-order valence-corrected chi connectivity index (χ0v) is 14.8. The number of hydrogen-bond acceptors (Lipinski definition) is 3. The molecule has 1 aromatic carbocycles. The molecule has 0 radical (unpaired) electrons. The topological polar surface area (TPSA) is 32.8 Å². The quantitative estimate of drug-likeness (QED) is 0.831. The first kappa shape index (κ1) is 17.5. The predicted molar refractivity (Wildman–Crippen MR) is 91.8 cm³/mol. The summed E-state index contributed by atoms with van der Waals surface area (Å²) in [6.45, 7) is 4.20. The predicted octanol–water partition coefficient (Wildman–Crippen LogP) is 3.32. The Morgan fingerprint density at radius 1 is 1.25 bits per heavy atom. The summed E-state index contributed by atoms with van der Waals surface area (Å²) in [4.78, 5) is 16.7. The molecule has 2 heterocycles. The van der Waals surface area contributed by atoms with Crippen molar-refractivity contribution in [3.05, 3.63) is 28.5 Å². The summed E-state index contributed by atoms with van der Waals surface area (Å²) < 4.78 is 18.9. The number of methoxy groups -OCH3 is 1. The summed E-state index contributed by atoms with van der Waals surface area (Å²) in [7, 11) is 1.41. The molecule has 2 aliphatic rings. The minimum Gasteiger partial charge on any atom is -0.492 e. The van der Waals surface area contributed by atoms with Crippen LogP contribution in [0.25, 0.3) is 0 Å². The van der Waals surface area contributed by atoms with Crippen LogP contribution < -0.4 is 4.74 Å². The highest BCUT2D eigenvalue weighted by atomic mass is 35.5. The van der Waals surface area contributed by atoms with Crippen molar-refractivity contribution >= 4 is 17.5 Å². The van der Waals surface area contributed by atoms with Crippen LogP contribution >= 0.6 is 11.6 Å². The van der Waals surface area contributed by atoms with Gasteiger partial charge in [0.15, 0.2) is 11.6 Å². The Bertz CT molecular complexity index is 574. The molecule has 0 N–H and O–H groups in total. The summed E-state index contributed by atoms with van der Waals surface area (Å²) in [6.07, 6.45) is 4.02. The second-order valence-corrected chi connectivity index (χ2v) is 7.08. The zero-order valence-electron chi connectivity index (χ0n) is 14.1. The Labute approximate surface area is 147 Å².